The number of aryl methyl sites for hydroxylation is 1. The van der Waals surface area contributed by atoms with Crippen molar-refractivity contribution >= 4 is 11.6 Å². The molecule has 4 nitrogen and oxygen atoms in total. The molecule has 0 fully saturated rings. The lowest BCUT2D eigenvalue weighted by Gasteiger charge is -2.21. The molecule has 1 amide bonds. The maximum atomic E-state index is 11.9. The van der Waals surface area contributed by atoms with Gasteiger partial charge in [0.15, 0.2) is 0 Å². The molecule has 0 aromatic heterocycles. The van der Waals surface area contributed by atoms with E-state index in [2.05, 4.69) is 19.2 Å². The number of nitrogens with one attached hydrogen (secondary N) is 1. The van der Waals surface area contributed by atoms with Crippen LogP contribution in [0.1, 0.15) is 25.8 Å². The molecule has 1 unspecified atom stereocenters. The SMILES string of the molecule is Cc1cccc(NC(=O)CN(C)CCC(N)C(C)C)c1. The average molecular weight is 277 g/mol. The molecule has 0 spiro atoms. The Morgan fingerprint density at radius 2 is 2.10 bits per heavy atom. The van der Waals surface area contributed by atoms with Crippen LogP contribution in [0.25, 0.3) is 0 Å². The molecule has 0 saturated carbocycles. The normalized spacial score (nSPS) is 12.8. The number of likely N-dealkylation sites (N-methyl/N-ethyl adjacent to an activating group) is 1. The first-order valence-corrected chi connectivity index (χ1v) is 7.19. The number of amides is 1. The smallest absolute Gasteiger partial charge is 0.238 e. The number of anilines is 1. The van der Waals surface area contributed by atoms with Crippen LogP contribution < -0.4 is 11.1 Å². The van der Waals surface area contributed by atoms with Crippen molar-refractivity contribution < 1.29 is 4.79 Å². The van der Waals surface area contributed by atoms with Gasteiger partial charge in [-0.05, 0) is 50.6 Å². The Hall–Kier alpha value is -1.39. The number of benzene rings is 1. The molecule has 1 aromatic carbocycles. The molecule has 3 N–H and O–H groups in total. The van der Waals surface area contributed by atoms with Gasteiger partial charge in [0.25, 0.3) is 0 Å². The van der Waals surface area contributed by atoms with Gasteiger partial charge in [0.1, 0.15) is 0 Å². The Labute approximate surface area is 122 Å². The minimum atomic E-state index is 0.0104. The molecular weight excluding hydrogens is 250 g/mol. The van der Waals surface area contributed by atoms with E-state index in [-0.39, 0.29) is 11.9 Å². The van der Waals surface area contributed by atoms with E-state index in [1.807, 2.05) is 43.1 Å². The van der Waals surface area contributed by atoms with Crippen LogP contribution >= 0.6 is 0 Å². The summed E-state index contributed by atoms with van der Waals surface area (Å²) in [6.07, 6.45) is 0.909. The zero-order valence-corrected chi connectivity index (χ0v) is 13.0. The lowest BCUT2D eigenvalue weighted by Crippen LogP contribution is -2.35. The second-order valence-corrected chi connectivity index (χ2v) is 5.85. The van der Waals surface area contributed by atoms with Crippen molar-refractivity contribution in [2.24, 2.45) is 11.7 Å². The van der Waals surface area contributed by atoms with Gasteiger partial charge in [-0.2, -0.15) is 0 Å². The van der Waals surface area contributed by atoms with Crippen molar-refractivity contribution in [1.82, 2.24) is 4.90 Å². The monoisotopic (exact) mass is 277 g/mol. The molecular formula is C16H27N3O. The second kappa shape index (κ2) is 8.02. The summed E-state index contributed by atoms with van der Waals surface area (Å²) < 4.78 is 0. The molecule has 0 radical (unpaired) electrons. The number of carbonyl (C=O) groups excluding carboxylic acids is 1. The van der Waals surface area contributed by atoms with E-state index in [9.17, 15) is 4.79 Å². The van der Waals surface area contributed by atoms with E-state index in [0.717, 1.165) is 24.2 Å². The van der Waals surface area contributed by atoms with Crippen molar-refractivity contribution in [1.29, 1.82) is 0 Å². The van der Waals surface area contributed by atoms with E-state index in [1.54, 1.807) is 0 Å². The van der Waals surface area contributed by atoms with E-state index < -0.39 is 0 Å². The Bertz CT molecular complexity index is 431. The predicted octanol–water partition coefficient (Wildman–Crippen LogP) is 2.24. The molecule has 0 aliphatic heterocycles. The van der Waals surface area contributed by atoms with Crippen molar-refractivity contribution in [3.63, 3.8) is 0 Å². The maximum absolute atomic E-state index is 11.9. The molecule has 1 aromatic rings. The first kappa shape index (κ1) is 16.7. The number of nitrogens with two attached hydrogens (primary N) is 1. The van der Waals surface area contributed by atoms with E-state index in [0.29, 0.717) is 12.5 Å². The van der Waals surface area contributed by atoms with E-state index in [1.165, 1.54) is 0 Å². The van der Waals surface area contributed by atoms with Gasteiger partial charge in [-0.25, -0.2) is 0 Å². The summed E-state index contributed by atoms with van der Waals surface area (Å²) in [7, 11) is 1.95. The highest BCUT2D eigenvalue weighted by atomic mass is 16.2. The third-order valence-corrected chi connectivity index (χ3v) is 3.42. The van der Waals surface area contributed by atoms with Crippen LogP contribution in [-0.2, 0) is 4.79 Å². The summed E-state index contributed by atoms with van der Waals surface area (Å²) in [5.74, 6) is 0.487. The summed E-state index contributed by atoms with van der Waals surface area (Å²) in [6, 6.07) is 8.01. The minimum Gasteiger partial charge on any atom is -0.327 e. The number of rotatable bonds is 7. The summed E-state index contributed by atoms with van der Waals surface area (Å²) >= 11 is 0. The number of hydrogen-bond donors (Lipinski definition) is 2. The van der Waals surface area contributed by atoms with Crippen LogP contribution in [0.5, 0.6) is 0 Å². The topological polar surface area (TPSA) is 58.4 Å². The van der Waals surface area contributed by atoms with E-state index >= 15 is 0 Å². The zero-order chi connectivity index (χ0) is 15.1. The van der Waals surface area contributed by atoms with Crippen molar-refractivity contribution in [3.05, 3.63) is 29.8 Å². The zero-order valence-electron chi connectivity index (χ0n) is 13.0. The van der Waals surface area contributed by atoms with Gasteiger partial charge in [-0.1, -0.05) is 26.0 Å². The van der Waals surface area contributed by atoms with Gasteiger partial charge < -0.3 is 11.1 Å². The van der Waals surface area contributed by atoms with Gasteiger partial charge in [0.2, 0.25) is 5.91 Å². The molecule has 0 bridgehead atoms. The summed E-state index contributed by atoms with van der Waals surface area (Å²) in [5.41, 5.74) is 8.00. The Kier molecular flexibility index (Phi) is 6.68. The molecule has 0 aliphatic carbocycles. The second-order valence-electron chi connectivity index (χ2n) is 5.85. The lowest BCUT2D eigenvalue weighted by molar-refractivity contribution is -0.117. The van der Waals surface area contributed by atoms with Gasteiger partial charge >= 0.3 is 0 Å². The van der Waals surface area contributed by atoms with Gasteiger partial charge in [0, 0.05) is 11.7 Å². The molecule has 112 valence electrons. The molecule has 1 rings (SSSR count). The summed E-state index contributed by atoms with van der Waals surface area (Å²) in [4.78, 5) is 13.9. The highest BCUT2D eigenvalue weighted by Crippen LogP contribution is 2.09. The van der Waals surface area contributed by atoms with Crippen LogP contribution in [0.15, 0.2) is 24.3 Å². The van der Waals surface area contributed by atoms with Gasteiger partial charge in [-0.3, -0.25) is 9.69 Å². The average Bonchev–Trinajstić information content (AvgIpc) is 2.35. The quantitative estimate of drug-likeness (QED) is 0.803. The fourth-order valence-corrected chi connectivity index (χ4v) is 1.95. The summed E-state index contributed by atoms with van der Waals surface area (Å²) in [6.45, 7) is 7.47. The predicted molar refractivity (Wildman–Crippen MR) is 84.7 cm³/mol. The maximum Gasteiger partial charge on any atom is 0.238 e. The highest BCUT2D eigenvalue weighted by molar-refractivity contribution is 5.92. The fourth-order valence-electron chi connectivity index (χ4n) is 1.95. The highest BCUT2D eigenvalue weighted by Gasteiger charge is 2.11. The molecule has 0 aliphatic rings. The molecule has 1 atom stereocenters. The third-order valence-electron chi connectivity index (χ3n) is 3.42. The molecule has 0 heterocycles. The number of carbonyl (C=O) groups is 1. The number of hydrogen-bond acceptors (Lipinski definition) is 3. The largest absolute Gasteiger partial charge is 0.327 e. The fraction of sp³-hybridized carbons (Fsp3) is 0.562. The van der Waals surface area contributed by atoms with Crippen LogP contribution in [-0.4, -0.2) is 37.0 Å². The van der Waals surface area contributed by atoms with Crippen molar-refractivity contribution in [3.8, 4) is 0 Å². The van der Waals surface area contributed by atoms with Gasteiger partial charge in [0.05, 0.1) is 6.54 Å². The standard InChI is InChI=1S/C16H27N3O/c1-12(2)15(17)8-9-19(4)11-16(20)18-14-7-5-6-13(3)10-14/h5-7,10,12,15H,8-9,11,17H2,1-4H3,(H,18,20). The van der Waals surface area contributed by atoms with Crippen molar-refractivity contribution in [2.75, 3.05) is 25.5 Å². The van der Waals surface area contributed by atoms with Gasteiger partial charge in [-0.15, -0.1) is 0 Å². The van der Waals surface area contributed by atoms with Crippen LogP contribution in [0.2, 0.25) is 0 Å². The lowest BCUT2D eigenvalue weighted by atomic mass is 10.0. The molecule has 4 heteroatoms. The first-order valence-electron chi connectivity index (χ1n) is 7.19. The Morgan fingerprint density at radius 3 is 2.70 bits per heavy atom. The van der Waals surface area contributed by atoms with Crippen LogP contribution in [0, 0.1) is 12.8 Å². The molecule has 20 heavy (non-hydrogen) atoms. The third kappa shape index (κ3) is 6.17. The van der Waals surface area contributed by atoms with Crippen LogP contribution in [0.4, 0.5) is 5.69 Å². The summed E-state index contributed by atoms with van der Waals surface area (Å²) in [5, 5.41) is 2.91. The van der Waals surface area contributed by atoms with Crippen LogP contribution in [0.3, 0.4) is 0 Å². The molecule has 0 saturated heterocycles. The van der Waals surface area contributed by atoms with E-state index in [4.69, 9.17) is 5.73 Å². The van der Waals surface area contributed by atoms with Crippen molar-refractivity contribution in [2.45, 2.75) is 33.2 Å². The Balaban J connectivity index is 2.35. The minimum absolute atomic E-state index is 0.0104. The first-order chi connectivity index (χ1) is 9.38. The number of nitrogens with zero attached hydrogens (tertiary/aromatic N) is 1. The Morgan fingerprint density at radius 1 is 1.40 bits per heavy atom.